The van der Waals surface area contributed by atoms with Gasteiger partial charge in [0.15, 0.2) is 0 Å². The van der Waals surface area contributed by atoms with Crippen molar-refractivity contribution in [3.63, 3.8) is 0 Å². The maximum absolute atomic E-state index is 12.3. The highest BCUT2D eigenvalue weighted by molar-refractivity contribution is 7.09. The molecule has 0 saturated carbocycles. The second-order valence-electron chi connectivity index (χ2n) is 5.51. The van der Waals surface area contributed by atoms with Crippen LogP contribution in [0.4, 0.5) is 5.69 Å². The summed E-state index contributed by atoms with van der Waals surface area (Å²) in [5.74, 6) is -0.0201. The fourth-order valence-corrected chi connectivity index (χ4v) is 3.00. The molecule has 0 fully saturated rings. The van der Waals surface area contributed by atoms with Crippen LogP contribution in [0, 0.1) is 13.8 Å². The van der Waals surface area contributed by atoms with Crippen molar-refractivity contribution in [3.05, 3.63) is 70.0 Å². The van der Waals surface area contributed by atoms with Crippen LogP contribution in [0.1, 0.15) is 16.1 Å². The van der Waals surface area contributed by atoms with Crippen LogP contribution in [0.3, 0.4) is 0 Å². The predicted octanol–water partition coefficient (Wildman–Crippen LogP) is 4.61. The number of benzene rings is 2. The predicted molar refractivity (Wildman–Crippen MR) is 95.8 cm³/mol. The molecule has 0 spiro atoms. The molecule has 0 aliphatic rings. The summed E-state index contributed by atoms with van der Waals surface area (Å²) in [6.07, 6.45) is 0.366. The fraction of sp³-hybridized carbons (Fsp3) is 0.158. The number of carbonyl (C=O) groups is 1. The van der Waals surface area contributed by atoms with Crippen molar-refractivity contribution in [2.45, 2.75) is 20.3 Å². The third-order valence-electron chi connectivity index (χ3n) is 3.58. The van der Waals surface area contributed by atoms with E-state index in [1.54, 1.807) is 11.3 Å². The molecule has 3 rings (SSSR count). The van der Waals surface area contributed by atoms with Crippen LogP contribution < -0.4 is 5.32 Å². The lowest BCUT2D eigenvalue weighted by molar-refractivity contribution is -0.115. The second kappa shape index (κ2) is 6.75. The number of carbonyl (C=O) groups excluding carboxylic acids is 1. The highest BCUT2D eigenvalue weighted by atomic mass is 32.1. The number of nitrogens with zero attached hydrogens (tertiary/aromatic N) is 1. The van der Waals surface area contributed by atoms with E-state index in [1.807, 2.05) is 67.8 Å². The standard InChI is InChI=1S/C19H18N2OS/c1-13-7-9-15(10-8-13)11-19(22)21-17-6-4-3-5-16(17)18-12-23-14(2)20-18/h3-10,12H,11H2,1-2H3,(H,21,22). The first-order valence-electron chi connectivity index (χ1n) is 7.49. The van der Waals surface area contributed by atoms with Gasteiger partial charge >= 0.3 is 0 Å². The zero-order chi connectivity index (χ0) is 16.2. The van der Waals surface area contributed by atoms with Gasteiger partial charge in [-0.1, -0.05) is 48.0 Å². The van der Waals surface area contributed by atoms with E-state index in [0.29, 0.717) is 6.42 Å². The molecule has 0 radical (unpaired) electrons. The Morgan fingerprint density at radius 2 is 1.83 bits per heavy atom. The van der Waals surface area contributed by atoms with Gasteiger partial charge in [-0.25, -0.2) is 4.98 Å². The zero-order valence-corrected chi connectivity index (χ0v) is 14.0. The van der Waals surface area contributed by atoms with Gasteiger partial charge in [0.1, 0.15) is 0 Å². The number of aryl methyl sites for hydroxylation is 2. The van der Waals surface area contributed by atoms with Crippen molar-refractivity contribution in [2.24, 2.45) is 0 Å². The largest absolute Gasteiger partial charge is 0.325 e. The number of para-hydroxylation sites is 1. The van der Waals surface area contributed by atoms with Crippen LogP contribution in [0.15, 0.2) is 53.9 Å². The van der Waals surface area contributed by atoms with Gasteiger partial charge < -0.3 is 5.32 Å². The molecule has 3 nitrogen and oxygen atoms in total. The van der Waals surface area contributed by atoms with Gasteiger partial charge in [0.05, 0.1) is 22.8 Å². The number of aromatic nitrogens is 1. The van der Waals surface area contributed by atoms with Gasteiger partial charge in [-0.05, 0) is 25.5 Å². The maximum Gasteiger partial charge on any atom is 0.228 e. The monoisotopic (exact) mass is 322 g/mol. The van der Waals surface area contributed by atoms with Crippen LogP contribution in [-0.2, 0) is 11.2 Å². The Balaban J connectivity index is 1.77. The van der Waals surface area contributed by atoms with Crippen molar-refractivity contribution in [1.29, 1.82) is 0 Å². The minimum absolute atomic E-state index is 0.0201. The van der Waals surface area contributed by atoms with E-state index >= 15 is 0 Å². The Morgan fingerprint density at radius 3 is 2.52 bits per heavy atom. The number of thiazole rings is 1. The number of nitrogens with one attached hydrogen (secondary N) is 1. The molecule has 0 aliphatic carbocycles. The van der Waals surface area contributed by atoms with E-state index in [4.69, 9.17) is 0 Å². The molecule has 116 valence electrons. The van der Waals surface area contributed by atoms with Crippen LogP contribution in [0.2, 0.25) is 0 Å². The molecule has 1 heterocycles. The molecule has 4 heteroatoms. The molecule has 0 unspecified atom stereocenters. The van der Waals surface area contributed by atoms with Gasteiger partial charge in [0, 0.05) is 10.9 Å². The molecule has 1 N–H and O–H groups in total. The lowest BCUT2D eigenvalue weighted by atomic mass is 10.1. The van der Waals surface area contributed by atoms with E-state index in [0.717, 1.165) is 27.5 Å². The Bertz CT molecular complexity index is 821. The second-order valence-corrected chi connectivity index (χ2v) is 6.57. The lowest BCUT2D eigenvalue weighted by Crippen LogP contribution is -2.15. The van der Waals surface area contributed by atoms with E-state index in [2.05, 4.69) is 10.3 Å². The average molecular weight is 322 g/mol. The summed E-state index contributed by atoms with van der Waals surface area (Å²) in [4.78, 5) is 16.8. The highest BCUT2D eigenvalue weighted by Gasteiger charge is 2.11. The quantitative estimate of drug-likeness (QED) is 0.762. The van der Waals surface area contributed by atoms with Crippen molar-refractivity contribution >= 4 is 22.9 Å². The topological polar surface area (TPSA) is 42.0 Å². The van der Waals surface area contributed by atoms with Crippen LogP contribution >= 0.6 is 11.3 Å². The smallest absolute Gasteiger partial charge is 0.228 e. The molecule has 1 aromatic heterocycles. The van der Waals surface area contributed by atoms with E-state index < -0.39 is 0 Å². The summed E-state index contributed by atoms with van der Waals surface area (Å²) in [5, 5.41) is 6.04. The number of rotatable bonds is 4. The average Bonchev–Trinajstić information content (AvgIpc) is 2.96. The summed E-state index contributed by atoms with van der Waals surface area (Å²) in [6, 6.07) is 15.8. The van der Waals surface area contributed by atoms with Crippen molar-refractivity contribution in [3.8, 4) is 11.3 Å². The number of hydrogen-bond acceptors (Lipinski definition) is 3. The first-order chi connectivity index (χ1) is 11.1. The Hall–Kier alpha value is -2.46. The van der Waals surface area contributed by atoms with Gasteiger partial charge in [-0.3, -0.25) is 4.79 Å². The highest BCUT2D eigenvalue weighted by Crippen LogP contribution is 2.28. The Labute approximate surface area is 140 Å². The van der Waals surface area contributed by atoms with Crippen LogP contribution in [0.5, 0.6) is 0 Å². The van der Waals surface area contributed by atoms with Crippen LogP contribution in [-0.4, -0.2) is 10.9 Å². The van der Waals surface area contributed by atoms with E-state index in [9.17, 15) is 4.79 Å². The Kier molecular flexibility index (Phi) is 4.53. The van der Waals surface area contributed by atoms with E-state index in [1.165, 1.54) is 5.56 Å². The van der Waals surface area contributed by atoms with Crippen molar-refractivity contribution in [1.82, 2.24) is 4.98 Å². The summed E-state index contributed by atoms with van der Waals surface area (Å²) in [5.41, 5.74) is 4.86. The van der Waals surface area contributed by atoms with E-state index in [-0.39, 0.29) is 5.91 Å². The molecule has 0 bridgehead atoms. The number of anilines is 1. The van der Waals surface area contributed by atoms with Crippen molar-refractivity contribution in [2.75, 3.05) is 5.32 Å². The summed E-state index contributed by atoms with van der Waals surface area (Å²) in [6.45, 7) is 4.02. The van der Waals surface area contributed by atoms with Gasteiger partial charge in [-0.15, -0.1) is 11.3 Å². The van der Waals surface area contributed by atoms with Crippen LogP contribution in [0.25, 0.3) is 11.3 Å². The third kappa shape index (κ3) is 3.85. The molecule has 3 aromatic rings. The maximum atomic E-state index is 12.3. The minimum atomic E-state index is -0.0201. The molecular formula is C19H18N2OS. The van der Waals surface area contributed by atoms with Crippen molar-refractivity contribution < 1.29 is 4.79 Å². The first-order valence-corrected chi connectivity index (χ1v) is 8.37. The summed E-state index contributed by atoms with van der Waals surface area (Å²) >= 11 is 1.61. The molecule has 23 heavy (non-hydrogen) atoms. The summed E-state index contributed by atoms with van der Waals surface area (Å²) in [7, 11) is 0. The summed E-state index contributed by atoms with van der Waals surface area (Å²) < 4.78 is 0. The SMILES string of the molecule is Cc1ccc(CC(=O)Nc2ccccc2-c2csc(C)n2)cc1. The Morgan fingerprint density at radius 1 is 1.09 bits per heavy atom. The first kappa shape index (κ1) is 15.4. The fourth-order valence-electron chi connectivity index (χ4n) is 2.39. The molecule has 1 amide bonds. The molecule has 0 aliphatic heterocycles. The lowest BCUT2D eigenvalue weighted by Gasteiger charge is -2.10. The number of amides is 1. The van der Waals surface area contributed by atoms with Gasteiger partial charge in [0.2, 0.25) is 5.91 Å². The van der Waals surface area contributed by atoms with Gasteiger partial charge in [0.25, 0.3) is 0 Å². The molecule has 0 saturated heterocycles. The molecule has 0 atom stereocenters. The molecule has 2 aromatic carbocycles. The molecular weight excluding hydrogens is 304 g/mol. The normalized spacial score (nSPS) is 10.5. The zero-order valence-electron chi connectivity index (χ0n) is 13.2. The number of hydrogen-bond donors (Lipinski definition) is 1. The third-order valence-corrected chi connectivity index (χ3v) is 4.35. The van der Waals surface area contributed by atoms with Gasteiger partial charge in [-0.2, -0.15) is 0 Å². The minimum Gasteiger partial charge on any atom is -0.325 e.